The van der Waals surface area contributed by atoms with Crippen LogP contribution in [0.15, 0.2) is 18.2 Å². The van der Waals surface area contributed by atoms with Crippen molar-refractivity contribution >= 4 is 21.6 Å². The fraction of sp³-hybridized carbons (Fsp3) is 0.600. The Hall–Kier alpha value is -0.500. The Morgan fingerprint density at radius 2 is 2.18 bits per heavy atom. The maximum Gasteiger partial charge on any atom is 0.0410 e. The molecule has 1 nitrogen and oxygen atoms in total. The van der Waals surface area contributed by atoms with Crippen LogP contribution in [0.5, 0.6) is 0 Å². The van der Waals surface area contributed by atoms with Crippen molar-refractivity contribution in [2.45, 2.75) is 50.9 Å². The quantitative estimate of drug-likeness (QED) is 0.733. The molecule has 94 valence electrons. The lowest BCUT2D eigenvalue weighted by Crippen LogP contribution is -2.39. The maximum atomic E-state index is 3.62. The zero-order chi connectivity index (χ0) is 12.3. The average molecular weight is 296 g/mol. The first kappa shape index (κ1) is 12.9. The summed E-state index contributed by atoms with van der Waals surface area (Å²) in [4.78, 5) is 2.62. The minimum Gasteiger partial charge on any atom is -0.368 e. The highest BCUT2D eigenvalue weighted by molar-refractivity contribution is 9.08. The molecule has 0 spiro atoms. The number of nitrogens with zero attached hydrogens (tertiary/aromatic N) is 1. The molecule has 2 rings (SSSR count). The lowest BCUT2D eigenvalue weighted by molar-refractivity contribution is 0.449. The predicted molar refractivity (Wildman–Crippen MR) is 79.1 cm³/mol. The Labute approximate surface area is 113 Å². The topological polar surface area (TPSA) is 3.24 Å². The summed E-state index contributed by atoms with van der Waals surface area (Å²) in [5.41, 5.74) is 4.23. The van der Waals surface area contributed by atoms with E-state index >= 15 is 0 Å². The van der Waals surface area contributed by atoms with Gasteiger partial charge in [-0.15, -0.1) is 0 Å². The third-order valence-corrected chi connectivity index (χ3v) is 4.39. The van der Waals surface area contributed by atoms with Crippen molar-refractivity contribution < 1.29 is 0 Å². The van der Waals surface area contributed by atoms with E-state index in [2.05, 4.69) is 52.9 Å². The summed E-state index contributed by atoms with van der Waals surface area (Å²) in [6.07, 6.45) is 5.35. The lowest BCUT2D eigenvalue weighted by Gasteiger charge is -2.38. The summed E-state index contributed by atoms with van der Waals surface area (Å²) in [5.74, 6) is 0. The van der Waals surface area contributed by atoms with Crippen LogP contribution in [-0.2, 0) is 5.33 Å². The molecule has 0 radical (unpaired) electrons. The van der Waals surface area contributed by atoms with Crippen LogP contribution >= 0.6 is 15.9 Å². The molecule has 0 aliphatic carbocycles. The zero-order valence-corrected chi connectivity index (χ0v) is 12.5. The second-order valence-electron chi connectivity index (χ2n) is 5.02. The van der Waals surface area contributed by atoms with Crippen molar-refractivity contribution in [2.75, 3.05) is 11.4 Å². The number of rotatable bonds is 3. The largest absolute Gasteiger partial charge is 0.368 e. The van der Waals surface area contributed by atoms with Crippen LogP contribution in [0.25, 0.3) is 0 Å². The standard InChI is InChI=1S/C15H22BrN/c1-3-14-6-4-5-9-17(14)15-8-7-12(2)10-13(15)11-16/h7-8,10,14H,3-6,9,11H2,1-2H3. The van der Waals surface area contributed by atoms with Crippen LogP contribution in [-0.4, -0.2) is 12.6 Å². The third-order valence-electron chi connectivity index (χ3n) is 3.79. The van der Waals surface area contributed by atoms with Gasteiger partial charge in [-0.25, -0.2) is 0 Å². The van der Waals surface area contributed by atoms with E-state index in [-0.39, 0.29) is 0 Å². The lowest BCUT2D eigenvalue weighted by atomic mass is 9.97. The van der Waals surface area contributed by atoms with Gasteiger partial charge in [0.25, 0.3) is 0 Å². The van der Waals surface area contributed by atoms with Gasteiger partial charge in [-0.05, 0) is 44.2 Å². The van der Waals surface area contributed by atoms with Crippen molar-refractivity contribution in [3.05, 3.63) is 29.3 Å². The molecule has 1 heterocycles. The van der Waals surface area contributed by atoms with E-state index in [4.69, 9.17) is 0 Å². The summed E-state index contributed by atoms with van der Waals surface area (Å²) in [6, 6.07) is 7.60. The first-order valence-electron chi connectivity index (χ1n) is 6.68. The van der Waals surface area contributed by atoms with Crippen LogP contribution < -0.4 is 4.90 Å². The normalized spacial score (nSPS) is 20.6. The molecule has 1 aliphatic rings. The summed E-state index contributed by atoms with van der Waals surface area (Å²) in [7, 11) is 0. The van der Waals surface area contributed by atoms with Gasteiger partial charge in [-0.2, -0.15) is 0 Å². The van der Waals surface area contributed by atoms with Crippen LogP contribution in [0, 0.1) is 6.92 Å². The third kappa shape index (κ3) is 2.85. The van der Waals surface area contributed by atoms with Crippen molar-refractivity contribution in [3.8, 4) is 0 Å². The molecule has 1 saturated heterocycles. The molecule has 0 saturated carbocycles. The van der Waals surface area contributed by atoms with Gasteiger partial charge in [-0.1, -0.05) is 40.5 Å². The second kappa shape index (κ2) is 5.90. The van der Waals surface area contributed by atoms with Gasteiger partial charge in [0.1, 0.15) is 0 Å². The molecule has 2 heteroatoms. The number of halogens is 1. The highest BCUT2D eigenvalue weighted by Gasteiger charge is 2.22. The number of anilines is 1. The Kier molecular flexibility index (Phi) is 4.49. The number of alkyl halides is 1. The molecule has 0 amide bonds. The van der Waals surface area contributed by atoms with Gasteiger partial charge in [0.05, 0.1) is 0 Å². The summed E-state index contributed by atoms with van der Waals surface area (Å²) < 4.78 is 0. The Balaban J connectivity index is 2.30. The van der Waals surface area contributed by atoms with Crippen LogP contribution in [0.4, 0.5) is 5.69 Å². The number of aryl methyl sites for hydroxylation is 1. The van der Waals surface area contributed by atoms with Gasteiger partial charge < -0.3 is 4.90 Å². The van der Waals surface area contributed by atoms with Crippen LogP contribution in [0.2, 0.25) is 0 Å². The predicted octanol–water partition coefficient (Wildman–Crippen LogP) is 4.66. The van der Waals surface area contributed by atoms with Crippen LogP contribution in [0.3, 0.4) is 0 Å². The molecule has 0 bridgehead atoms. The molecule has 1 aliphatic heterocycles. The van der Waals surface area contributed by atoms with E-state index in [1.807, 2.05) is 0 Å². The molecule has 17 heavy (non-hydrogen) atoms. The van der Waals surface area contributed by atoms with E-state index in [1.54, 1.807) is 0 Å². The molecule has 1 fully saturated rings. The van der Waals surface area contributed by atoms with Gasteiger partial charge in [0.2, 0.25) is 0 Å². The average Bonchev–Trinajstić information content (AvgIpc) is 2.38. The fourth-order valence-corrected chi connectivity index (χ4v) is 3.29. The molecular weight excluding hydrogens is 274 g/mol. The van der Waals surface area contributed by atoms with E-state index < -0.39 is 0 Å². The van der Waals surface area contributed by atoms with Crippen LogP contribution in [0.1, 0.15) is 43.7 Å². The highest BCUT2D eigenvalue weighted by atomic mass is 79.9. The molecule has 0 aromatic heterocycles. The highest BCUT2D eigenvalue weighted by Crippen LogP contribution is 2.31. The van der Waals surface area contributed by atoms with Gasteiger partial charge >= 0.3 is 0 Å². The molecule has 1 unspecified atom stereocenters. The number of hydrogen-bond donors (Lipinski definition) is 0. The SMILES string of the molecule is CCC1CCCCN1c1ccc(C)cc1CBr. The zero-order valence-electron chi connectivity index (χ0n) is 10.9. The Morgan fingerprint density at radius 3 is 2.88 bits per heavy atom. The fourth-order valence-electron chi connectivity index (χ4n) is 2.84. The smallest absolute Gasteiger partial charge is 0.0410 e. The van der Waals surface area contributed by atoms with Gasteiger partial charge in [0.15, 0.2) is 0 Å². The molecule has 1 aromatic rings. The van der Waals surface area contributed by atoms with E-state index in [0.29, 0.717) is 0 Å². The molecular formula is C15H22BrN. The summed E-state index contributed by atoms with van der Waals surface area (Å²) in [5, 5.41) is 0.955. The van der Waals surface area contributed by atoms with Crippen molar-refractivity contribution in [2.24, 2.45) is 0 Å². The second-order valence-corrected chi connectivity index (χ2v) is 5.58. The van der Waals surface area contributed by atoms with Gasteiger partial charge in [0, 0.05) is 23.6 Å². The van der Waals surface area contributed by atoms with E-state index in [1.165, 1.54) is 49.0 Å². The van der Waals surface area contributed by atoms with Crippen molar-refractivity contribution in [3.63, 3.8) is 0 Å². The van der Waals surface area contributed by atoms with E-state index in [0.717, 1.165) is 11.4 Å². The van der Waals surface area contributed by atoms with Crippen molar-refractivity contribution in [1.29, 1.82) is 0 Å². The van der Waals surface area contributed by atoms with Gasteiger partial charge in [-0.3, -0.25) is 0 Å². The summed E-state index contributed by atoms with van der Waals surface area (Å²) in [6.45, 7) is 5.70. The Bertz CT molecular complexity index is 375. The van der Waals surface area contributed by atoms with Crippen molar-refractivity contribution in [1.82, 2.24) is 0 Å². The number of piperidine rings is 1. The number of benzene rings is 1. The monoisotopic (exact) mass is 295 g/mol. The maximum absolute atomic E-state index is 3.62. The molecule has 1 atom stereocenters. The first-order valence-corrected chi connectivity index (χ1v) is 7.80. The molecule has 1 aromatic carbocycles. The summed E-state index contributed by atoms with van der Waals surface area (Å²) >= 11 is 3.62. The molecule has 0 N–H and O–H groups in total. The first-order chi connectivity index (χ1) is 8.26. The minimum absolute atomic E-state index is 0.740. The van der Waals surface area contributed by atoms with E-state index in [9.17, 15) is 0 Å². The Morgan fingerprint density at radius 1 is 1.35 bits per heavy atom. The minimum atomic E-state index is 0.740. The number of hydrogen-bond acceptors (Lipinski definition) is 1.